The van der Waals surface area contributed by atoms with Crippen LogP contribution in [-0.4, -0.2) is 18.7 Å². The molecule has 1 aromatic rings. The normalized spacial score (nSPS) is 26.8. The minimum atomic E-state index is 0.408. The first-order chi connectivity index (χ1) is 10.2. The van der Waals surface area contributed by atoms with Crippen molar-refractivity contribution in [1.29, 1.82) is 0 Å². The summed E-state index contributed by atoms with van der Waals surface area (Å²) in [4.78, 5) is 0. The van der Waals surface area contributed by atoms with Crippen LogP contribution in [0.2, 0.25) is 0 Å². The largest absolute Gasteiger partial charge is 0.489 e. The molecule has 2 heteroatoms. The van der Waals surface area contributed by atoms with Crippen molar-refractivity contribution >= 4 is 0 Å². The Hall–Kier alpha value is -1.02. The SMILES string of the molecule is CCCNC1CC(Oc2cccc(C)c2C)C12CCCC2. The van der Waals surface area contributed by atoms with Gasteiger partial charge in [-0.15, -0.1) is 0 Å². The van der Waals surface area contributed by atoms with Crippen molar-refractivity contribution in [2.24, 2.45) is 5.41 Å². The molecule has 0 heterocycles. The maximum atomic E-state index is 6.47. The van der Waals surface area contributed by atoms with E-state index in [4.69, 9.17) is 4.74 Å². The van der Waals surface area contributed by atoms with Gasteiger partial charge in [-0.1, -0.05) is 31.9 Å². The van der Waals surface area contributed by atoms with E-state index in [1.54, 1.807) is 0 Å². The second kappa shape index (κ2) is 6.00. The van der Waals surface area contributed by atoms with E-state index in [2.05, 4.69) is 44.3 Å². The summed E-state index contributed by atoms with van der Waals surface area (Å²) in [6, 6.07) is 7.09. The van der Waals surface area contributed by atoms with Gasteiger partial charge in [0.05, 0.1) is 0 Å². The molecule has 21 heavy (non-hydrogen) atoms. The van der Waals surface area contributed by atoms with Crippen LogP contribution in [0.3, 0.4) is 0 Å². The molecular weight excluding hydrogens is 258 g/mol. The summed E-state index contributed by atoms with van der Waals surface area (Å²) in [6.45, 7) is 7.73. The van der Waals surface area contributed by atoms with Gasteiger partial charge in [-0.3, -0.25) is 0 Å². The van der Waals surface area contributed by atoms with Crippen LogP contribution < -0.4 is 10.1 Å². The molecule has 1 N–H and O–H groups in total. The molecule has 3 rings (SSSR count). The Morgan fingerprint density at radius 2 is 2.00 bits per heavy atom. The summed E-state index contributed by atoms with van der Waals surface area (Å²) in [5.41, 5.74) is 3.04. The minimum Gasteiger partial charge on any atom is -0.489 e. The average molecular weight is 287 g/mol. The number of hydrogen-bond acceptors (Lipinski definition) is 2. The molecule has 2 saturated carbocycles. The molecule has 2 fully saturated rings. The summed E-state index contributed by atoms with van der Waals surface area (Å²) in [7, 11) is 0. The number of ether oxygens (including phenoxy) is 1. The van der Waals surface area contributed by atoms with Crippen molar-refractivity contribution in [2.75, 3.05) is 6.54 Å². The predicted octanol–water partition coefficient (Wildman–Crippen LogP) is 4.38. The van der Waals surface area contributed by atoms with Crippen LogP contribution in [-0.2, 0) is 0 Å². The third-order valence-electron chi connectivity index (χ3n) is 5.78. The maximum Gasteiger partial charge on any atom is 0.122 e. The molecule has 0 aromatic heterocycles. The lowest BCUT2D eigenvalue weighted by Crippen LogP contribution is -2.63. The first-order valence-electron chi connectivity index (χ1n) is 8.63. The van der Waals surface area contributed by atoms with E-state index in [0.717, 1.165) is 12.3 Å². The van der Waals surface area contributed by atoms with Crippen molar-refractivity contribution in [3.8, 4) is 5.75 Å². The summed E-state index contributed by atoms with van der Waals surface area (Å²) in [5.74, 6) is 1.10. The first kappa shape index (κ1) is 14.9. The van der Waals surface area contributed by atoms with E-state index in [1.165, 1.54) is 49.7 Å². The highest BCUT2D eigenvalue weighted by Crippen LogP contribution is 2.54. The molecule has 0 amide bonds. The molecule has 2 aliphatic carbocycles. The van der Waals surface area contributed by atoms with Crippen LogP contribution in [0.25, 0.3) is 0 Å². The van der Waals surface area contributed by atoms with Crippen molar-refractivity contribution in [1.82, 2.24) is 5.32 Å². The van der Waals surface area contributed by atoms with Gasteiger partial charge in [-0.2, -0.15) is 0 Å². The van der Waals surface area contributed by atoms with E-state index in [-0.39, 0.29) is 0 Å². The van der Waals surface area contributed by atoms with Crippen molar-refractivity contribution in [3.63, 3.8) is 0 Å². The van der Waals surface area contributed by atoms with Crippen LogP contribution in [0.15, 0.2) is 18.2 Å². The van der Waals surface area contributed by atoms with Gasteiger partial charge in [0.15, 0.2) is 0 Å². The fourth-order valence-electron chi connectivity index (χ4n) is 4.23. The van der Waals surface area contributed by atoms with Crippen molar-refractivity contribution in [2.45, 2.75) is 71.4 Å². The molecule has 0 radical (unpaired) electrons. The molecule has 2 atom stereocenters. The monoisotopic (exact) mass is 287 g/mol. The topological polar surface area (TPSA) is 21.3 Å². The van der Waals surface area contributed by atoms with Gasteiger partial charge >= 0.3 is 0 Å². The Balaban J connectivity index is 1.72. The lowest BCUT2D eigenvalue weighted by atomic mass is 9.60. The Kier molecular flexibility index (Phi) is 4.26. The smallest absolute Gasteiger partial charge is 0.122 e. The van der Waals surface area contributed by atoms with Crippen LogP contribution >= 0.6 is 0 Å². The van der Waals surface area contributed by atoms with Crippen LogP contribution in [0.4, 0.5) is 0 Å². The Labute approximate surface area is 129 Å². The molecule has 0 aliphatic heterocycles. The quantitative estimate of drug-likeness (QED) is 0.867. The lowest BCUT2D eigenvalue weighted by molar-refractivity contribution is -0.0762. The molecule has 1 aromatic carbocycles. The van der Waals surface area contributed by atoms with Gasteiger partial charge in [0.25, 0.3) is 0 Å². The van der Waals surface area contributed by atoms with Gasteiger partial charge in [0, 0.05) is 17.9 Å². The van der Waals surface area contributed by atoms with Crippen molar-refractivity contribution in [3.05, 3.63) is 29.3 Å². The number of rotatable bonds is 5. The highest BCUT2D eigenvalue weighted by atomic mass is 16.5. The first-order valence-corrected chi connectivity index (χ1v) is 8.63. The van der Waals surface area contributed by atoms with Crippen LogP contribution in [0, 0.1) is 19.3 Å². The van der Waals surface area contributed by atoms with Crippen LogP contribution in [0.5, 0.6) is 5.75 Å². The fourth-order valence-corrected chi connectivity index (χ4v) is 4.23. The molecule has 2 unspecified atom stereocenters. The molecule has 0 saturated heterocycles. The minimum absolute atomic E-state index is 0.408. The van der Waals surface area contributed by atoms with E-state index in [1.807, 2.05) is 0 Å². The zero-order chi connectivity index (χ0) is 14.9. The van der Waals surface area contributed by atoms with Gasteiger partial charge in [-0.25, -0.2) is 0 Å². The molecule has 2 nitrogen and oxygen atoms in total. The van der Waals surface area contributed by atoms with Gasteiger partial charge in [-0.05, 0) is 56.8 Å². The second-order valence-corrected chi connectivity index (χ2v) is 6.99. The van der Waals surface area contributed by atoms with Crippen molar-refractivity contribution < 1.29 is 4.74 Å². The van der Waals surface area contributed by atoms with Crippen LogP contribution in [0.1, 0.15) is 56.6 Å². The van der Waals surface area contributed by atoms with Gasteiger partial charge in [0.2, 0.25) is 0 Å². The van der Waals surface area contributed by atoms with E-state index < -0.39 is 0 Å². The Bertz CT molecular complexity index is 490. The van der Waals surface area contributed by atoms with E-state index in [0.29, 0.717) is 17.6 Å². The van der Waals surface area contributed by atoms with Gasteiger partial charge < -0.3 is 10.1 Å². The molecule has 0 bridgehead atoms. The highest BCUT2D eigenvalue weighted by Gasteiger charge is 2.57. The zero-order valence-electron chi connectivity index (χ0n) is 13.7. The van der Waals surface area contributed by atoms with Gasteiger partial charge in [0.1, 0.15) is 11.9 Å². The molecular formula is C19H29NO. The summed E-state index contributed by atoms with van der Waals surface area (Å²) in [5, 5.41) is 3.76. The van der Waals surface area contributed by atoms with E-state index >= 15 is 0 Å². The summed E-state index contributed by atoms with van der Waals surface area (Å²) in [6.07, 6.45) is 8.22. The number of benzene rings is 1. The number of hydrogen-bond donors (Lipinski definition) is 1. The number of nitrogens with one attached hydrogen (secondary N) is 1. The molecule has 1 spiro atoms. The second-order valence-electron chi connectivity index (χ2n) is 6.99. The summed E-state index contributed by atoms with van der Waals surface area (Å²) < 4.78 is 6.47. The molecule has 116 valence electrons. The third kappa shape index (κ3) is 2.59. The summed E-state index contributed by atoms with van der Waals surface area (Å²) >= 11 is 0. The number of aryl methyl sites for hydroxylation is 1. The third-order valence-corrected chi connectivity index (χ3v) is 5.78. The average Bonchev–Trinajstić information content (AvgIpc) is 2.99. The zero-order valence-corrected chi connectivity index (χ0v) is 13.7. The Morgan fingerprint density at radius 1 is 1.24 bits per heavy atom. The maximum absolute atomic E-state index is 6.47. The van der Waals surface area contributed by atoms with E-state index in [9.17, 15) is 0 Å². The fraction of sp³-hybridized carbons (Fsp3) is 0.684. The predicted molar refractivity (Wildman–Crippen MR) is 87.9 cm³/mol. The molecule has 2 aliphatic rings. The highest BCUT2D eigenvalue weighted by molar-refractivity contribution is 5.38. The Morgan fingerprint density at radius 3 is 2.71 bits per heavy atom. The standard InChI is InChI=1S/C19H29NO/c1-4-12-20-17-13-18(19(17)10-5-6-11-19)21-16-9-7-8-14(2)15(16)3/h7-9,17-18,20H,4-6,10-13H2,1-3H3. The lowest BCUT2D eigenvalue weighted by Gasteiger charge is -2.54.